The van der Waals surface area contributed by atoms with Crippen molar-refractivity contribution in [3.05, 3.63) is 53.1 Å². The van der Waals surface area contributed by atoms with Gasteiger partial charge in [0.1, 0.15) is 18.8 Å². The first-order valence-corrected chi connectivity index (χ1v) is 12.2. The van der Waals surface area contributed by atoms with Crippen LogP contribution in [0.25, 0.3) is 0 Å². The van der Waals surface area contributed by atoms with E-state index >= 15 is 0 Å². The van der Waals surface area contributed by atoms with Crippen LogP contribution in [0.4, 0.5) is 0 Å². The minimum Gasteiger partial charge on any atom is -0.504 e. The Kier molecular flexibility index (Phi) is 9.97. The number of phenols is 9. The Labute approximate surface area is 250 Å². The fourth-order valence-electron chi connectivity index (χ4n) is 3.66. The minimum absolute atomic E-state index is 0.219. The van der Waals surface area contributed by atoms with Gasteiger partial charge in [-0.2, -0.15) is 0 Å². The second-order valence-electron chi connectivity index (χ2n) is 9.12. The van der Waals surface area contributed by atoms with E-state index in [0.717, 1.165) is 0 Å². The highest BCUT2D eigenvalue weighted by molar-refractivity contribution is 5.93. The first-order valence-electron chi connectivity index (χ1n) is 12.2. The van der Waals surface area contributed by atoms with Gasteiger partial charge in [0, 0.05) is 0 Å². The molecular weight excluding hydrogens is 612 g/mol. The second-order valence-corrected chi connectivity index (χ2v) is 9.12. The van der Waals surface area contributed by atoms with Gasteiger partial charge in [0.05, 0.1) is 16.7 Å². The molecule has 0 radical (unpaired) electrons. The number of aromatic hydroxyl groups is 9. The molecule has 0 saturated carbocycles. The summed E-state index contributed by atoms with van der Waals surface area (Å²) in [5, 5.41) is 108. The van der Waals surface area contributed by atoms with E-state index in [0.29, 0.717) is 36.4 Å². The molecule has 18 heteroatoms. The van der Waals surface area contributed by atoms with E-state index in [2.05, 4.69) is 0 Å². The van der Waals surface area contributed by atoms with Crippen molar-refractivity contribution in [3.8, 4) is 51.7 Å². The molecule has 0 bridgehead atoms. The van der Waals surface area contributed by atoms with E-state index in [1.54, 1.807) is 0 Å². The van der Waals surface area contributed by atoms with E-state index in [4.69, 9.17) is 14.2 Å². The number of aldehydes is 1. The molecule has 0 saturated heterocycles. The van der Waals surface area contributed by atoms with Gasteiger partial charge in [0.15, 0.2) is 70.2 Å². The number of carbonyl (C=O) groups excluding carboxylic acids is 4. The van der Waals surface area contributed by atoms with Crippen LogP contribution >= 0.6 is 0 Å². The molecule has 45 heavy (non-hydrogen) atoms. The molecule has 0 spiro atoms. The molecule has 0 unspecified atom stereocenters. The lowest BCUT2D eigenvalue weighted by atomic mass is 10.0. The van der Waals surface area contributed by atoms with Crippen LogP contribution in [0.1, 0.15) is 31.1 Å². The van der Waals surface area contributed by atoms with E-state index in [9.17, 15) is 75.3 Å². The number of hydrogen-bond acceptors (Lipinski definition) is 18. The van der Waals surface area contributed by atoms with Gasteiger partial charge in [-0.05, 0) is 36.4 Å². The molecular formula is C27H24O18. The van der Waals surface area contributed by atoms with Crippen molar-refractivity contribution in [1.29, 1.82) is 0 Å². The van der Waals surface area contributed by atoms with Gasteiger partial charge >= 0.3 is 17.9 Å². The van der Waals surface area contributed by atoms with Gasteiger partial charge < -0.3 is 75.2 Å². The summed E-state index contributed by atoms with van der Waals surface area (Å²) in [6, 6.07) is 3.76. The summed E-state index contributed by atoms with van der Waals surface area (Å²) in [6.45, 7) is -1.17. The summed E-state index contributed by atoms with van der Waals surface area (Å²) in [4.78, 5) is 49.7. The molecule has 0 heterocycles. The number of hydrogen-bond donors (Lipinski definition) is 11. The highest BCUT2D eigenvalue weighted by Gasteiger charge is 2.41. The van der Waals surface area contributed by atoms with Crippen molar-refractivity contribution < 1.29 is 89.6 Å². The number of aliphatic hydroxyl groups is 2. The van der Waals surface area contributed by atoms with Crippen LogP contribution in [0, 0.1) is 0 Å². The standard InChI is InChI=1S/C27H24O18/c28-7-18(35)23(44-26(41)10-3-14(31)21(38)15(32)4-10)24(45-27(42)11-5-16(33)22(39)17(34)6-11)19(36)8-43-25(40)9-1-12(29)20(37)13(30)2-9/h1-7,18-19,23-24,29-39H,8H2/t18-,19+,23+,24+/m0/s1. The second kappa shape index (κ2) is 13.4. The number of phenolic OH excluding ortho intramolecular Hbond substituents is 9. The lowest BCUT2D eigenvalue weighted by Gasteiger charge is -2.31. The van der Waals surface area contributed by atoms with E-state index in [1.165, 1.54) is 0 Å². The Morgan fingerprint density at radius 1 is 0.556 bits per heavy atom. The molecule has 0 amide bonds. The van der Waals surface area contributed by atoms with Crippen molar-refractivity contribution in [2.45, 2.75) is 24.4 Å². The van der Waals surface area contributed by atoms with E-state index in [1.807, 2.05) is 0 Å². The van der Waals surface area contributed by atoms with Crippen LogP contribution < -0.4 is 0 Å². The highest BCUT2D eigenvalue weighted by Crippen LogP contribution is 2.38. The highest BCUT2D eigenvalue weighted by atomic mass is 16.6. The van der Waals surface area contributed by atoms with Crippen LogP contribution in [-0.4, -0.2) is 111 Å². The maximum atomic E-state index is 12.9. The molecule has 11 N–H and O–H groups in total. The molecule has 0 fully saturated rings. The van der Waals surface area contributed by atoms with Crippen LogP contribution in [0.15, 0.2) is 36.4 Å². The Morgan fingerprint density at radius 2 is 0.867 bits per heavy atom. The Morgan fingerprint density at radius 3 is 1.20 bits per heavy atom. The summed E-state index contributed by atoms with van der Waals surface area (Å²) < 4.78 is 15.0. The van der Waals surface area contributed by atoms with Crippen LogP contribution in [0.3, 0.4) is 0 Å². The monoisotopic (exact) mass is 636 g/mol. The number of esters is 3. The zero-order chi connectivity index (χ0) is 33.7. The Bertz CT molecular complexity index is 1560. The number of rotatable bonds is 11. The lowest BCUT2D eigenvalue weighted by molar-refractivity contribution is -0.140. The zero-order valence-electron chi connectivity index (χ0n) is 22.3. The quantitative estimate of drug-likeness (QED) is 0.0550. The lowest BCUT2D eigenvalue weighted by Crippen LogP contribution is -2.51. The topological polar surface area (TPSA) is 318 Å². The Balaban J connectivity index is 1.97. The van der Waals surface area contributed by atoms with Gasteiger partial charge in [0.2, 0.25) is 0 Å². The van der Waals surface area contributed by atoms with Gasteiger partial charge in [-0.25, -0.2) is 14.4 Å². The third kappa shape index (κ3) is 7.45. The molecule has 3 aromatic carbocycles. The molecule has 0 aromatic heterocycles. The van der Waals surface area contributed by atoms with E-state index < -0.39 is 117 Å². The maximum Gasteiger partial charge on any atom is 0.338 e. The maximum absolute atomic E-state index is 12.9. The first kappa shape index (κ1) is 33.4. The van der Waals surface area contributed by atoms with Crippen molar-refractivity contribution in [1.82, 2.24) is 0 Å². The zero-order valence-corrected chi connectivity index (χ0v) is 22.3. The largest absolute Gasteiger partial charge is 0.504 e. The number of carbonyl (C=O) groups is 4. The number of aliphatic hydroxyl groups excluding tert-OH is 2. The number of ether oxygens (including phenoxy) is 3. The van der Waals surface area contributed by atoms with Crippen molar-refractivity contribution >= 4 is 24.2 Å². The fraction of sp³-hybridized carbons (Fsp3) is 0.185. The molecule has 3 aromatic rings. The first-order chi connectivity index (χ1) is 21.0. The minimum atomic E-state index is -2.40. The van der Waals surface area contributed by atoms with Crippen molar-refractivity contribution in [3.63, 3.8) is 0 Å². The van der Waals surface area contributed by atoms with Gasteiger partial charge in [-0.1, -0.05) is 0 Å². The SMILES string of the molecule is O=C[C@H](O)[C@@H](OC(=O)c1cc(O)c(O)c(O)c1)[C@H](OC(=O)c1cc(O)c(O)c(O)c1)[C@H](O)COC(=O)c1cc(O)c(O)c(O)c1. The van der Waals surface area contributed by atoms with Crippen molar-refractivity contribution in [2.75, 3.05) is 6.61 Å². The average Bonchev–Trinajstić information content (AvgIpc) is 2.99. The predicted octanol–water partition coefficient (Wildman–Crippen LogP) is -0.434. The van der Waals surface area contributed by atoms with Gasteiger partial charge in [-0.15, -0.1) is 0 Å². The average molecular weight is 636 g/mol. The smallest absolute Gasteiger partial charge is 0.338 e. The molecule has 18 nitrogen and oxygen atoms in total. The molecule has 0 aliphatic carbocycles. The Hall–Kier alpha value is -6.14. The summed E-state index contributed by atoms with van der Waals surface area (Å²) in [6.07, 6.45) is -9.60. The molecule has 0 aliphatic heterocycles. The molecule has 0 aliphatic rings. The third-order valence-corrected chi connectivity index (χ3v) is 5.97. The molecule has 240 valence electrons. The molecule has 3 rings (SSSR count). The third-order valence-electron chi connectivity index (χ3n) is 5.97. The fourth-order valence-corrected chi connectivity index (χ4v) is 3.66. The normalized spacial score (nSPS) is 13.6. The molecule has 4 atom stereocenters. The number of benzene rings is 3. The summed E-state index contributed by atoms with van der Waals surface area (Å²) in [5.41, 5.74) is -1.93. The summed E-state index contributed by atoms with van der Waals surface area (Å²) >= 11 is 0. The van der Waals surface area contributed by atoms with Gasteiger partial charge in [-0.3, -0.25) is 0 Å². The van der Waals surface area contributed by atoms with Crippen LogP contribution in [0.2, 0.25) is 0 Å². The van der Waals surface area contributed by atoms with Gasteiger partial charge in [0.25, 0.3) is 0 Å². The van der Waals surface area contributed by atoms with Crippen LogP contribution in [0.5, 0.6) is 51.7 Å². The summed E-state index contributed by atoms with van der Waals surface area (Å²) in [7, 11) is 0. The van der Waals surface area contributed by atoms with E-state index in [-0.39, 0.29) is 6.29 Å². The van der Waals surface area contributed by atoms with Crippen LogP contribution in [-0.2, 0) is 19.0 Å². The summed E-state index contributed by atoms with van der Waals surface area (Å²) in [5.74, 6) is -13.3. The van der Waals surface area contributed by atoms with Crippen molar-refractivity contribution in [2.24, 2.45) is 0 Å². The predicted molar refractivity (Wildman–Crippen MR) is 141 cm³/mol.